The van der Waals surface area contributed by atoms with Crippen molar-refractivity contribution in [1.29, 1.82) is 0 Å². The molecule has 2 rings (SSSR count). The largest absolute Gasteiger partial charge is 0.329 e. The molecule has 88 valence electrons. The number of piperidine rings is 1. The third-order valence-electron chi connectivity index (χ3n) is 4.02. The van der Waals surface area contributed by atoms with E-state index < -0.39 is 0 Å². The molecule has 2 aliphatic rings. The van der Waals surface area contributed by atoms with Crippen molar-refractivity contribution >= 4 is 0 Å². The molecule has 2 saturated heterocycles. The van der Waals surface area contributed by atoms with Gasteiger partial charge in [0.05, 0.1) is 0 Å². The highest BCUT2D eigenvalue weighted by Crippen LogP contribution is 2.39. The van der Waals surface area contributed by atoms with Crippen molar-refractivity contribution in [2.75, 3.05) is 45.8 Å². The lowest BCUT2D eigenvalue weighted by molar-refractivity contribution is -0.0443. The van der Waals surface area contributed by atoms with Crippen molar-refractivity contribution in [3.63, 3.8) is 0 Å². The summed E-state index contributed by atoms with van der Waals surface area (Å²) in [6, 6.07) is 0. The summed E-state index contributed by atoms with van der Waals surface area (Å²) in [7, 11) is 0. The molecule has 15 heavy (non-hydrogen) atoms. The van der Waals surface area contributed by atoms with Gasteiger partial charge in [-0.3, -0.25) is 0 Å². The SMILES string of the molecule is CCCN1CCC2(CC1)CN(CCN)C2. The number of nitrogens with two attached hydrogens (primary N) is 1. The Morgan fingerprint density at radius 1 is 1.07 bits per heavy atom. The van der Waals surface area contributed by atoms with Crippen LogP contribution in [0.3, 0.4) is 0 Å². The van der Waals surface area contributed by atoms with Crippen LogP contribution in [0.25, 0.3) is 0 Å². The van der Waals surface area contributed by atoms with Crippen LogP contribution in [-0.2, 0) is 0 Å². The predicted molar refractivity (Wildman–Crippen MR) is 63.9 cm³/mol. The highest BCUT2D eigenvalue weighted by Gasteiger charge is 2.43. The molecular weight excluding hydrogens is 186 g/mol. The second kappa shape index (κ2) is 4.81. The van der Waals surface area contributed by atoms with Crippen LogP contribution in [0.1, 0.15) is 26.2 Å². The standard InChI is InChI=1S/C12H25N3/c1-2-6-14-7-3-12(4-8-14)10-15(11-12)9-5-13/h2-11,13H2,1H3. The van der Waals surface area contributed by atoms with Gasteiger partial charge in [-0.2, -0.15) is 0 Å². The van der Waals surface area contributed by atoms with E-state index in [0.717, 1.165) is 13.1 Å². The maximum absolute atomic E-state index is 5.57. The molecule has 0 saturated carbocycles. The molecule has 0 aliphatic carbocycles. The Hall–Kier alpha value is -0.120. The Balaban J connectivity index is 1.70. The lowest BCUT2D eigenvalue weighted by Gasteiger charge is -2.54. The minimum atomic E-state index is 0.680. The molecule has 2 fully saturated rings. The minimum Gasteiger partial charge on any atom is -0.329 e. The van der Waals surface area contributed by atoms with Gasteiger partial charge in [0.1, 0.15) is 0 Å². The van der Waals surface area contributed by atoms with Gasteiger partial charge in [-0.15, -0.1) is 0 Å². The quantitative estimate of drug-likeness (QED) is 0.745. The molecule has 2 N–H and O–H groups in total. The Labute approximate surface area is 93.6 Å². The third kappa shape index (κ3) is 2.52. The molecule has 0 amide bonds. The van der Waals surface area contributed by atoms with Crippen LogP contribution in [0, 0.1) is 5.41 Å². The summed E-state index contributed by atoms with van der Waals surface area (Å²) in [6.45, 7) is 10.8. The van der Waals surface area contributed by atoms with E-state index in [4.69, 9.17) is 5.73 Å². The summed E-state index contributed by atoms with van der Waals surface area (Å²) in [5, 5.41) is 0. The molecule has 0 aromatic heterocycles. The van der Waals surface area contributed by atoms with Crippen LogP contribution in [0.4, 0.5) is 0 Å². The van der Waals surface area contributed by atoms with E-state index in [0.29, 0.717) is 5.41 Å². The van der Waals surface area contributed by atoms with Gasteiger partial charge in [-0.05, 0) is 44.3 Å². The van der Waals surface area contributed by atoms with Crippen molar-refractivity contribution in [3.8, 4) is 0 Å². The summed E-state index contributed by atoms with van der Waals surface area (Å²) in [4.78, 5) is 5.13. The fourth-order valence-corrected chi connectivity index (χ4v) is 3.13. The first-order chi connectivity index (χ1) is 7.28. The van der Waals surface area contributed by atoms with Crippen LogP contribution in [-0.4, -0.2) is 55.6 Å². The van der Waals surface area contributed by atoms with Crippen LogP contribution in [0.15, 0.2) is 0 Å². The fourth-order valence-electron chi connectivity index (χ4n) is 3.13. The van der Waals surface area contributed by atoms with Crippen molar-refractivity contribution in [1.82, 2.24) is 9.80 Å². The van der Waals surface area contributed by atoms with Crippen molar-refractivity contribution in [2.24, 2.45) is 11.1 Å². The summed E-state index contributed by atoms with van der Waals surface area (Å²) in [5.74, 6) is 0. The van der Waals surface area contributed by atoms with Crippen LogP contribution < -0.4 is 5.73 Å². The highest BCUT2D eigenvalue weighted by atomic mass is 15.2. The van der Waals surface area contributed by atoms with E-state index in [9.17, 15) is 0 Å². The van der Waals surface area contributed by atoms with Crippen LogP contribution in [0.5, 0.6) is 0 Å². The third-order valence-corrected chi connectivity index (χ3v) is 4.02. The number of rotatable bonds is 4. The number of hydrogen-bond acceptors (Lipinski definition) is 3. The summed E-state index contributed by atoms with van der Waals surface area (Å²) in [5.41, 5.74) is 6.25. The monoisotopic (exact) mass is 211 g/mol. The van der Waals surface area contributed by atoms with Gasteiger partial charge in [0.2, 0.25) is 0 Å². The van der Waals surface area contributed by atoms with Crippen molar-refractivity contribution < 1.29 is 0 Å². The highest BCUT2D eigenvalue weighted by molar-refractivity contribution is 4.98. The average Bonchev–Trinajstić information content (AvgIpc) is 2.19. The molecule has 2 heterocycles. The van der Waals surface area contributed by atoms with Gasteiger partial charge in [0.15, 0.2) is 0 Å². The zero-order chi connectivity index (χ0) is 10.7. The lowest BCUT2D eigenvalue weighted by Crippen LogP contribution is -2.61. The second-order valence-electron chi connectivity index (χ2n) is 5.34. The number of hydrogen-bond donors (Lipinski definition) is 1. The van der Waals surface area contributed by atoms with Crippen LogP contribution in [0.2, 0.25) is 0 Å². The van der Waals surface area contributed by atoms with E-state index in [1.807, 2.05) is 0 Å². The van der Waals surface area contributed by atoms with Gasteiger partial charge in [-0.1, -0.05) is 6.92 Å². The molecule has 1 spiro atoms. The zero-order valence-electron chi connectivity index (χ0n) is 10.0. The first-order valence-electron chi connectivity index (χ1n) is 6.43. The summed E-state index contributed by atoms with van der Waals surface area (Å²) >= 11 is 0. The van der Waals surface area contributed by atoms with Gasteiger partial charge < -0.3 is 15.5 Å². The molecule has 3 nitrogen and oxygen atoms in total. The van der Waals surface area contributed by atoms with E-state index in [-0.39, 0.29) is 0 Å². The molecule has 0 aromatic carbocycles. The average molecular weight is 211 g/mol. The smallest absolute Gasteiger partial charge is 0.0105 e. The Bertz CT molecular complexity index is 189. The maximum atomic E-state index is 5.57. The topological polar surface area (TPSA) is 32.5 Å². The van der Waals surface area contributed by atoms with E-state index in [1.165, 1.54) is 52.0 Å². The Morgan fingerprint density at radius 3 is 2.27 bits per heavy atom. The fraction of sp³-hybridized carbons (Fsp3) is 1.00. The van der Waals surface area contributed by atoms with Gasteiger partial charge in [0.25, 0.3) is 0 Å². The minimum absolute atomic E-state index is 0.680. The van der Waals surface area contributed by atoms with Crippen LogP contribution >= 0.6 is 0 Å². The molecule has 3 heteroatoms. The Morgan fingerprint density at radius 2 is 1.73 bits per heavy atom. The summed E-state index contributed by atoms with van der Waals surface area (Å²) < 4.78 is 0. The Kier molecular flexibility index (Phi) is 3.65. The van der Waals surface area contributed by atoms with E-state index in [2.05, 4.69) is 16.7 Å². The summed E-state index contributed by atoms with van der Waals surface area (Å²) in [6.07, 6.45) is 4.12. The molecule has 0 aromatic rings. The first-order valence-corrected chi connectivity index (χ1v) is 6.43. The molecule has 0 radical (unpaired) electrons. The van der Waals surface area contributed by atoms with E-state index in [1.54, 1.807) is 0 Å². The van der Waals surface area contributed by atoms with Gasteiger partial charge >= 0.3 is 0 Å². The van der Waals surface area contributed by atoms with Crippen molar-refractivity contribution in [3.05, 3.63) is 0 Å². The lowest BCUT2D eigenvalue weighted by atomic mass is 9.72. The maximum Gasteiger partial charge on any atom is 0.0105 e. The van der Waals surface area contributed by atoms with Gasteiger partial charge in [0, 0.05) is 26.2 Å². The molecule has 2 aliphatic heterocycles. The molecule has 0 atom stereocenters. The van der Waals surface area contributed by atoms with E-state index >= 15 is 0 Å². The second-order valence-corrected chi connectivity index (χ2v) is 5.34. The molecule has 0 unspecified atom stereocenters. The molecular formula is C12H25N3. The normalized spacial score (nSPS) is 26.8. The van der Waals surface area contributed by atoms with Gasteiger partial charge in [-0.25, -0.2) is 0 Å². The molecule has 0 bridgehead atoms. The van der Waals surface area contributed by atoms with Crippen molar-refractivity contribution in [2.45, 2.75) is 26.2 Å². The number of likely N-dealkylation sites (tertiary alicyclic amines) is 2. The number of nitrogens with zero attached hydrogens (tertiary/aromatic N) is 2. The first kappa shape index (κ1) is 11.4. The zero-order valence-corrected chi connectivity index (χ0v) is 10.0. The predicted octanol–water partition coefficient (Wildman–Crippen LogP) is 0.753.